The fraction of sp³-hybridized carbons (Fsp3) is 0.889. The van der Waals surface area contributed by atoms with Gasteiger partial charge in [-0.25, -0.2) is 4.79 Å². The van der Waals surface area contributed by atoms with Gasteiger partial charge in [0.2, 0.25) is 0 Å². The number of ether oxygens (including phenoxy) is 1. The summed E-state index contributed by atoms with van der Waals surface area (Å²) in [4.78, 5) is 12.0. The molecule has 0 saturated heterocycles. The summed E-state index contributed by atoms with van der Waals surface area (Å²) in [6, 6.07) is 2.38. The highest BCUT2D eigenvalue weighted by atomic mass is 16.5. The van der Waals surface area contributed by atoms with Crippen molar-refractivity contribution >= 4 is 5.94 Å². The zero-order chi connectivity index (χ0) is 21.9. The predicted octanol–water partition coefficient (Wildman–Crippen LogP) is 5.08. The Balaban J connectivity index is 1.26. The molecule has 0 spiro atoms. The van der Waals surface area contributed by atoms with Crippen LogP contribution in [0.2, 0.25) is 0 Å². The molecule has 0 radical (unpaired) electrons. The Hall–Kier alpha value is -1.14. The first-order chi connectivity index (χ1) is 14.8. The molecule has 5 saturated carbocycles. The van der Waals surface area contributed by atoms with E-state index in [1.54, 1.807) is 0 Å². The van der Waals surface area contributed by atoms with Crippen molar-refractivity contribution in [3.8, 4) is 6.07 Å². The van der Waals surface area contributed by atoms with Gasteiger partial charge in [-0.2, -0.15) is 5.26 Å². The molecule has 5 rings (SSSR count). The van der Waals surface area contributed by atoms with E-state index in [0.29, 0.717) is 25.0 Å². The summed E-state index contributed by atoms with van der Waals surface area (Å²) < 4.78 is 5.89. The summed E-state index contributed by atoms with van der Waals surface area (Å²) in [5.74, 6) is 6.39. The summed E-state index contributed by atoms with van der Waals surface area (Å²) in [6.07, 6.45) is 12.4. The fourth-order valence-corrected chi connectivity index (χ4v) is 8.65. The van der Waals surface area contributed by atoms with E-state index in [2.05, 4.69) is 18.9 Å². The van der Waals surface area contributed by atoms with Gasteiger partial charge in [0.1, 0.15) is 5.94 Å². The van der Waals surface area contributed by atoms with E-state index in [-0.39, 0.29) is 16.7 Å². The fourth-order valence-electron chi connectivity index (χ4n) is 8.65. The summed E-state index contributed by atoms with van der Waals surface area (Å²) in [5, 5.41) is 19.9. The second kappa shape index (κ2) is 7.72. The van der Waals surface area contributed by atoms with Crippen LogP contribution >= 0.6 is 0 Å². The van der Waals surface area contributed by atoms with E-state index in [1.807, 2.05) is 6.92 Å². The Labute approximate surface area is 187 Å². The van der Waals surface area contributed by atoms with Gasteiger partial charge in [0, 0.05) is 5.57 Å². The molecule has 5 fully saturated rings. The van der Waals surface area contributed by atoms with E-state index in [4.69, 9.17) is 4.74 Å². The zero-order valence-corrected chi connectivity index (χ0v) is 19.4. The van der Waals surface area contributed by atoms with Gasteiger partial charge in [0.15, 0.2) is 0 Å². The van der Waals surface area contributed by atoms with E-state index >= 15 is 0 Å². The number of aliphatic hydroxyl groups is 1. The topological polar surface area (TPSA) is 70.3 Å². The van der Waals surface area contributed by atoms with Crippen LogP contribution in [0.4, 0.5) is 0 Å². The van der Waals surface area contributed by atoms with Gasteiger partial charge in [-0.05, 0) is 118 Å². The first kappa shape index (κ1) is 21.7. The van der Waals surface area contributed by atoms with Crippen LogP contribution in [0.15, 0.2) is 5.57 Å². The van der Waals surface area contributed by atoms with Crippen molar-refractivity contribution in [1.29, 1.82) is 5.26 Å². The Bertz CT molecular complexity index is 802. The highest BCUT2D eigenvalue weighted by Crippen LogP contribution is 2.65. The number of hydrogen-bond acceptors (Lipinski definition) is 4. The molecule has 5 aliphatic rings. The van der Waals surface area contributed by atoms with Gasteiger partial charge in [-0.15, -0.1) is 0 Å². The van der Waals surface area contributed by atoms with Crippen molar-refractivity contribution < 1.29 is 14.6 Å². The molecular weight excluding hydrogens is 386 g/mol. The molecule has 31 heavy (non-hydrogen) atoms. The highest BCUT2D eigenvalue weighted by molar-refractivity contribution is 5.54. The van der Waals surface area contributed by atoms with Crippen LogP contribution in [-0.2, 0) is 9.53 Å². The minimum atomic E-state index is -0.454. The lowest BCUT2D eigenvalue weighted by atomic mass is 9.49. The van der Waals surface area contributed by atoms with Crippen LogP contribution < -0.4 is 0 Å². The lowest BCUT2D eigenvalue weighted by Gasteiger charge is -2.57. The molecule has 0 aromatic heterocycles. The normalized spacial score (nSPS) is 47.3. The van der Waals surface area contributed by atoms with E-state index in [1.165, 1.54) is 38.5 Å². The van der Waals surface area contributed by atoms with Crippen molar-refractivity contribution in [3.05, 3.63) is 5.57 Å². The standard InChI is InChI=1S/C27H39NO3/c1-25(30)9-7-20-18(13-25)3-4-22-21(20)8-10-26(2)23(5-6-24(22)26)19(14-29)15-31-17-27(16-28)11-12-27/h18,20-24,30H,3-13,15,17H2,1-2H3/t18-,20+,21-,22-,23-,24+,25-,26-/m1/s1. The third kappa shape index (κ3) is 3.72. The van der Waals surface area contributed by atoms with Crippen LogP contribution in [-0.4, -0.2) is 29.9 Å². The molecule has 0 bridgehead atoms. The van der Waals surface area contributed by atoms with Gasteiger partial charge in [-0.1, -0.05) is 6.92 Å². The number of rotatable bonds is 5. The molecule has 0 amide bonds. The molecule has 4 heteroatoms. The zero-order valence-electron chi connectivity index (χ0n) is 19.4. The number of hydrogen-bond donors (Lipinski definition) is 1. The van der Waals surface area contributed by atoms with Gasteiger partial charge in [-0.3, -0.25) is 0 Å². The van der Waals surface area contributed by atoms with Crippen molar-refractivity contribution in [2.24, 2.45) is 46.3 Å². The van der Waals surface area contributed by atoms with Crippen LogP contribution in [0.25, 0.3) is 0 Å². The van der Waals surface area contributed by atoms with E-state index in [9.17, 15) is 15.2 Å². The molecular formula is C27H39NO3. The Morgan fingerprint density at radius 2 is 1.77 bits per heavy atom. The maximum absolute atomic E-state index is 12.0. The number of nitrogens with zero attached hydrogens (tertiary/aromatic N) is 1. The van der Waals surface area contributed by atoms with Crippen molar-refractivity contribution in [2.45, 2.75) is 90.1 Å². The van der Waals surface area contributed by atoms with E-state index < -0.39 is 5.60 Å². The second-order valence-corrected chi connectivity index (χ2v) is 12.4. The first-order valence-corrected chi connectivity index (χ1v) is 12.8. The molecule has 0 heterocycles. The summed E-state index contributed by atoms with van der Waals surface area (Å²) in [6.45, 7) is 5.29. The average Bonchev–Trinajstić information content (AvgIpc) is 3.44. The predicted molar refractivity (Wildman–Crippen MR) is 119 cm³/mol. The van der Waals surface area contributed by atoms with Gasteiger partial charge < -0.3 is 9.84 Å². The summed E-state index contributed by atoms with van der Waals surface area (Å²) >= 11 is 0. The number of carbonyl (C=O) groups excluding carboxylic acids is 1. The third-order valence-electron chi connectivity index (χ3n) is 10.5. The van der Waals surface area contributed by atoms with Gasteiger partial charge >= 0.3 is 0 Å². The van der Waals surface area contributed by atoms with Gasteiger partial charge in [0.25, 0.3) is 0 Å². The maximum Gasteiger partial charge on any atom is 0.126 e. The molecule has 1 N–H and O–H groups in total. The Morgan fingerprint density at radius 1 is 1.00 bits per heavy atom. The first-order valence-electron chi connectivity index (χ1n) is 12.8. The minimum Gasteiger partial charge on any atom is -0.390 e. The van der Waals surface area contributed by atoms with Crippen LogP contribution in [0, 0.1) is 57.7 Å². The van der Waals surface area contributed by atoms with Crippen molar-refractivity contribution in [2.75, 3.05) is 13.2 Å². The lowest BCUT2D eigenvalue weighted by molar-refractivity contribution is -0.0981. The quantitative estimate of drug-likeness (QED) is 0.623. The van der Waals surface area contributed by atoms with Crippen LogP contribution in [0.1, 0.15) is 84.5 Å². The molecule has 4 nitrogen and oxygen atoms in total. The monoisotopic (exact) mass is 425 g/mol. The van der Waals surface area contributed by atoms with Crippen LogP contribution in [0.3, 0.4) is 0 Å². The van der Waals surface area contributed by atoms with Crippen LogP contribution in [0.5, 0.6) is 0 Å². The van der Waals surface area contributed by atoms with Crippen molar-refractivity contribution in [3.63, 3.8) is 0 Å². The Morgan fingerprint density at radius 3 is 2.48 bits per heavy atom. The SMILES string of the molecule is C[C@@]1(O)CC[C@H]2[C@H](CC[C@@H]3[C@@H]2CC[C@]2(C)[C@@H](C(=C=O)COCC4(C#N)CC4)CC[C@@H]32)C1. The van der Waals surface area contributed by atoms with Gasteiger partial charge in [0.05, 0.1) is 30.3 Å². The summed E-state index contributed by atoms with van der Waals surface area (Å²) in [7, 11) is 0. The minimum absolute atomic E-state index is 0.191. The largest absolute Gasteiger partial charge is 0.390 e. The molecule has 0 aromatic rings. The molecule has 0 aliphatic heterocycles. The third-order valence-corrected chi connectivity index (χ3v) is 10.5. The Kier molecular flexibility index (Phi) is 5.40. The lowest BCUT2D eigenvalue weighted by Crippen LogP contribution is -2.50. The molecule has 0 unspecified atom stereocenters. The smallest absolute Gasteiger partial charge is 0.126 e. The molecule has 8 atom stereocenters. The number of fused-ring (bicyclic) bond motifs is 5. The molecule has 0 aromatic carbocycles. The average molecular weight is 426 g/mol. The highest BCUT2D eigenvalue weighted by Gasteiger charge is 2.58. The van der Waals surface area contributed by atoms with Crippen molar-refractivity contribution in [1.82, 2.24) is 0 Å². The number of nitriles is 1. The maximum atomic E-state index is 12.0. The second-order valence-electron chi connectivity index (χ2n) is 12.4. The molecule has 5 aliphatic carbocycles. The summed E-state index contributed by atoms with van der Waals surface area (Å²) in [5.41, 5.74) is 0.276. The van der Waals surface area contributed by atoms with E-state index in [0.717, 1.165) is 55.4 Å². The molecule has 170 valence electrons.